The molecule has 4 heteroatoms. The Bertz CT molecular complexity index is 666. The quantitative estimate of drug-likeness (QED) is 0.431. The normalized spacial score (nSPS) is 10.9. The number of nitrogens with one attached hydrogen (secondary N) is 2. The third kappa shape index (κ3) is 3.92. The molecule has 21 heavy (non-hydrogen) atoms. The van der Waals surface area contributed by atoms with Crippen molar-refractivity contribution in [2.75, 3.05) is 5.73 Å². The number of aromatic nitrogens is 1. The molecule has 0 aliphatic rings. The second-order valence-corrected chi connectivity index (χ2v) is 4.97. The predicted molar refractivity (Wildman–Crippen MR) is 86.7 cm³/mol. The van der Waals surface area contributed by atoms with Gasteiger partial charge in [-0.15, -0.1) is 0 Å². The number of hydrogen-bond acceptors (Lipinski definition) is 3. The molecule has 0 amide bonds. The molecular formula is C17H19N3O. The summed E-state index contributed by atoms with van der Waals surface area (Å²) in [5.41, 5.74) is 10.2. The first kappa shape index (κ1) is 14.8. The van der Waals surface area contributed by atoms with Crippen LogP contribution >= 0.6 is 0 Å². The monoisotopic (exact) mass is 281 g/mol. The first-order chi connectivity index (χ1) is 10.1. The molecule has 2 aromatic rings. The van der Waals surface area contributed by atoms with Gasteiger partial charge >= 0.3 is 0 Å². The molecule has 1 heterocycles. The Morgan fingerprint density at radius 1 is 1.29 bits per heavy atom. The van der Waals surface area contributed by atoms with Crippen molar-refractivity contribution in [1.82, 2.24) is 4.98 Å². The van der Waals surface area contributed by atoms with Gasteiger partial charge in [0.15, 0.2) is 0 Å². The average molecular weight is 281 g/mol. The molecule has 1 aromatic carbocycles. The van der Waals surface area contributed by atoms with Crippen molar-refractivity contribution < 1.29 is 4.79 Å². The van der Waals surface area contributed by atoms with Crippen LogP contribution in [0.4, 0.5) is 5.69 Å². The van der Waals surface area contributed by atoms with Gasteiger partial charge < -0.3 is 16.1 Å². The number of H-pyrrole nitrogens is 1. The van der Waals surface area contributed by atoms with Crippen LogP contribution in [0.15, 0.2) is 42.5 Å². The van der Waals surface area contributed by atoms with Crippen molar-refractivity contribution >= 4 is 17.7 Å². The molecule has 0 aliphatic carbocycles. The van der Waals surface area contributed by atoms with E-state index < -0.39 is 0 Å². The summed E-state index contributed by atoms with van der Waals surface area (Å²) in [6.07, 6.45) is 6.30. The summed E-state index contributed by atoms with van der Waals surface area (Å²) in [6.45, 7) is 1.57. The van der Waals surface area contributed by atoms with Gasteiger partial charge in [0.1, 0.15) is 5.78 Å². The van der Waals surface area contributed by atoms with Crippen LogP contribution in [0.25, 0.3) is 11.3 Å². The molecule has 0 saturated carbocycles. The highest BCUT2D eigenvalue weighted by Crippen LogP contribution is 2.23. The van der Waals surface area contributed by atoms with Crippen LogP contribution in [0.2, 0.25) is 0 Å². The van der Waals surface area contributed by atoms with Gasteiger partial charge in [0, 0.05) is 24.0 Å². The van der Waals surface area contributed by atoms with E-state index in [0.717, 1.165) is 28.2 Å². The summed E-state index contributed by atoms with van der Waals surface area (Å²) >= 11 is 0. The summed E-state index contributed by atoms with van der Waals surface area (Å²) in [5.74, 6) is 0.148. The molecule has 0 unspecified atom stereocenters. The number of allylic oxidation sites excluding steroid dienone is 2. The van der Waals surface area contributed by atoms with E-state index in [9.17, 15) is 4.79 Å². The third-order valence-electron chi connectivity index (χ3n) is 3.21. The maximum absolute atomic E-state index is 10.9. The minimum atomic E-state index is 0.148. The number of carbonyl (C=O) groups excluding carboxylic acids is 1. The van der Waals surface area contributed by atoms with Crippen LogP contribution < -0.4 is 5.73 Å². The molecule has 0 aliphatic heterocycles. The van der Waals surface area contributed by atoms with Crippen molar-refractivity contribution in [2.45, 2.75) is 19.8 Å². The number of aromatic amines is 1. The lowest BCUT2D eigenvalue weighted by molar-refractivity contribution is -0.116. The molecule has 0 fully saturated rings. The summed E-state index contributed by atoms with van der Waals surface area (Å²) in [7, 11) is 0. The maximum Gasteiger partial charge on any atom is 0.133 e. The molecule has 4 N–H and O–H groups in total. The number of Topliss-reactive ketones (excluding diaryl/α,β-unsaturated/α-hetero) is 1. The van der Waals surface area contributed by atoms with E-state index in [-0.39, 0.29) is 5.78 Å². The van der Waals surface area contributed by atoms with Crippen molar-refractivity contribution in [3.8, 4) is 11.3 Å². The largest absolute Gasteiger partial charge is 0.399 e. The van der Waals surface area contributed by atoms with E-state index >= 15 is 0 Å². The Morgan fingerprint density at radius 2 is 2.00 bits per heavy atom. The number of hydrogen-bond donors (Lipinski definition) is 3. The van der Waals surface area contributed by atoms with E-state index in [0.29, 0.717) is 12.8 Å². The topological polar surface area (TPSA) is 82.7 Å². The van der Waals surface area contributed by atoms with Gasteiger partial charge in [0.05, 0.1) is 5.69 Å². The molecule has 2 rings (SSSR count). The van der Waals surface area contributed by atoms with Gasteiger partial charge in [0.2, 0.25) is 0 Å². The van der Waals surface area contributed by atoms with Crippen molar-refractivity contribution in [2.24, 2.45) is 0 Å². The second-order valence-electron chi connectivity index (χ2n) is 4.97. The van der Waals surface area contributed by atoms with Gasteiger partial charge in [-0.2, -0.15) is 0 Å². The molecule has 0 radical (unpaired) electrons. The van der Waals surface area contributed by atoms with Crippen LogP contribution in [-0.2, 0) is 11.2 Å². The summed E-state index contributed by atoms with van der Waals surface area (Å²) in [6, 6.07) is 9.64. The standard InChI is InChI=1S/C17H19N3O/c1-12(21)4-2-3-5-14-10-16(20-17(14)11-18)13-6-8-15(19)9-7-13/h2-3,6-11,18,20H,4-5,19H2,1H3/b3-2+,18-11?. The fourth-order valence-corrected chi connectivity index (χ4v) is 2.09. The van der Waals surface area contributed by atoms with Crippen LogP contribution in [-0.4, -0.2) is 17.0 Å². The summed E-state index contributed by atoms with van der Waals surface area (Å²) in [5, 5.41) is 7.49. The summed E-state index contributed by atoms with van der Waals surface area (Å²) < 4.78 is 0. The van der Waals surface area contributed by atoms with Gasteiger partial charge in [-0.1, -0.05) is 24.3 Å². The molecule has 1 aromatic heterocycles. The van der Waals surface area contributed by atoms with Gasteiger partial charge in [-0.3, -0.25) is 4.79 Å². The molecule has 0 saturated heterocycles. The number of nitrogens with two attached hydrogens (primary N) is 1. The lowest BCUT2D eigenvalue weighted by Gasteiger charge is -1.98. The molecule has 0 spiro atoms. The molecular weight excluding hydrogens is 262 g/mol. The fourth-order valence-electron chi connectivity index (χ4n) is 2.09. The lowest BCUT2D eigenvalue weighted by atomic mass is 10.1. The first-order valence-electron chi connectivity index (χ1n) is 6.83. The first-order valence-corrected chi connectivity index (χ1v) is 6.83. The second kappa shape index (κ2) is 6.70. The molecule has 0 bridgehead atoms. The third-order valence-corrected chi connectivity index (χ3v) is 3.21. The molecule has 108 valence electrons. The smallest absolute Gasteiger partial charge is 0.133 e. The highest BCUT2D eigenvalue weighted by Gasteiger charge is 2.07. The van der Waals surface area contributed by atoms with E-state index in [1.165, 1.54) is 6.21 Å². The van der Waals surface area contributed by atoms with Crippen LogP contribution in [0.3, 0.4) is 0 Å². The van der Waals surface area contributed by atoms with Crippen LogP contribution in [0.5, 0.6) is 0 Å². The van der Waals surface area contributed by atoms with Crippen molar-refractivity contribution in [3.05, 3.63) is 53.7 Å². The Morgan fingerprint density at radius 3 is 2.62 bits per heavy atom. The zero-order valence-corrected chi connectivity index (χ0v) is 12.0. The number of rotatable bonds is 6. The van der Waals surface area contributed by atoms with Crippen LogP contribution in [0.1, 0.15) is 24.6 Å². The zero-order chi connectivity index (χ0) is 15.2. The molecule has 0 atom stereocenters. The number of ketones is 1. The van der Waals surface area contributed by atoms with Crippen LogP contribution in [0, 0.1) is 5.41 Å². The highest BCUT2D eigenvalue weighted by atomic mass is 16.1. The SMILES string of the molecule is CC(=O)C/C=C/Cc1cc(-c2ccc(N)cc2)[nH]c1C=N. The Labute approximate surface area is 124 Å². The van der Waals surface area contributed by atoms with E-state index in [1.807, 2.05) is 42.5 Å². The Kier molecular flexibility index (Phi) is 4.72. The van der Waals surface area contributed by atoms with Gasteiger partial charge in [0.25, 0.3) is 0 Å². The number of benzene rings is 1. The van der Waals surface area contributed by atoms with Gasteiger partial charge in [-0.25, -0.2) is 0 Å². The highest BCUT2D eigenvalue weighted by molar-refractivity contribution is 5.80. The number of nitrogen functional groups attached to an aromatic ring is 1. The van der Waals surface area contributed by atoms with Crippen molar-refractivity contribution in [3.63, 3.8) is 0 Å². The maximum atomic E-state index is 10.9. The minimum absolute atomic E-state index is 0.148. The number of carbonyl (C=O) groups is 1. The Hall–Kier alpha value is -2.62. The summed E-state index contributed by atoms with van der Waals surface area (Å²) in [4.78, 5) is 14.1. The van der Waals surface area contributed by atoms with E-state index in [1.54, 1.807) is 6.92 Å². The van der Waals surface area contributed by atoms with E-state index in [4.69, 9.17) is 11.1 Å². The average Bonchev–Trinajstić information content (AvgIpc) is 2.87. The lowest BCUT2D eigenvalue weighted by Crippen LogP contribution is -1.88. The zero-order valence-electron chi connectivity index (χ0n) is 12.0. The predicted octanol–water partition coefficient (Wildman–Crippen LogP) is 3.34. The fraction of sp³-hybridized carbons (Fsp3) is 0.176. The van der Waals surface area contributed by atoms with E-state index in [2.05, 4.69) is 4.98 Å². The minimum Gasteiger partial charge on any atom is -0.399 e. The van der Waals surface area contributed by atoms with Crippen molar-refractivity contribution in [1.29, 1.82) is 5.41 Å². The number of anilines is 1. The molecule has 4 nitrogen and oxygen atoms in total. The Balaban J connectivity index is 2.19. The van der Waals surface area contributed by atoms with Gasteiger partial charge in [-0.05, 0) is 42.7 Å².